The van der Waals surface area contributed by atoms with Gasteiger partial charge in [-0.1, -0.05) is 50.6 Å². The standard InChI is InChI=1S/C26H38Cl2N2O4/c1-4-11-29-12-13-30-16-22(32)18-33-23-8-5-19(6-9-23)26(2,3)20-7-10-25(24(28)14-20)34-17-21(31)15-27/h5-10,14,21-22,29-32H,4,11-13,15-18H2,1-3H3/t21-,22+/m0/s1. The molecule has 8 heteroatoms. The van der Waals surface area contributed by atoms with E-state index in [1.165, 1.54) is 0 Å². The molecule has 0 aliphatic rings. The minimum absolute atomic E-state index is 0.0916. The zero-order valence-corrected chi connectivity index (χ0v) is 21.8. The highest BCUT2D eigenvalue weighted by Gasteiger charge is 2.24. The van der Waals surface area contributed by atoms with Gasteiger partial charge in [-0.25, -0.2) is 0 Å². The lowest BCUT2D eigenvalue weighted by molar-refractivity contribution is 0.106. The number of ether oxygens (including phenoxy) is 2. The van der Waals surface area contributed by atoms with Gasteiger partial charge >= 0.3 is 0 Å². The third-order valence-electron chi connectivity index (χ3n) is 5.57. The molecule has 2 aromatic rings. The molecule has 0 heterocycles. The first-order chi connectivity index (χ1) is 16.3. The molecule has 190 valence electrons. The minimum Gasteiger partial charge on any atom is -0.491 e. The van der Waals surface area contributed by atoms with Crippen molar-refractivity contribution in [3.63, 3.8) is 0 Å². The van der Waals surface area contributed by atoms with Crippen LogP contribution in [0.2, 0.25) is 5.02 Å². The summed E-state index contributed by atoms with van der Waals surface area (Å²) in [5, 5.41) is 26.7. The zero-order chi connectivity index (χ0) is 25.0. The van der Waals surface area contributed by atoms with Gasteiger partial charge < -0.3 is 30.3 Å². The Balaban J connectivity index is 1.88. The summed E-state index contributed by atoms with van der Waals surface area (Å²) in [5.41, 5.74) is 1.83. The fourth-order valence-corrected chi connectivity index (χ4v) is 3.69. The minimum atomic E-state index is -0.736. The van der Waals surface area contributed by atoms with Gasteiger partial charge in [0.25, 0.3) is 0 Å². The average molecular weight is 514 g/mol. The maximum absolute atomic E-state index is 10.1. The van der Waals surface area contributed by atoms with Crippen LogP contribution in [0.25, 0.3) is 0 Å². The first-order valence-corrected chi connectivity index (χ1v) is 12.7. The molecule has 0 aliphatic carbocycles. The van der Waals surface area contributed by atoms with Gasteiger partial charge in [-0.2, -0.15) is 0 Å². The van der Waals surface area contributed by atoms with E-state index in [9.17, 15) is 10.2 Å². The summed E-state index contributed by atoms with van der Waals surface area (Å²) in [7, 11) is 0. The van der Waals surface area contributed by atoms with Crippen LogP contribution in [0.4, 0.5) is 0 Å². The number of hydrogen-bond acceptors (Lipinski definition) is 6. The molecule has 0 bridgehead atoms. The summed E-state index contributed by atoms with van der Waals surface area (Å²) in [5.74, 6) is 1.33. The van der Waals surface area contributed by atoms with E-state index in [0.29, 0.717) is 23.1 Å². The van der Waals surface area contributed by atoms with Crippen LogP contribution in [0.15, 0.2) is 42.5 Å². The first kappa shape index (κ1) is 28.7. The number of aliphatic hydroxyl groups excluding tert-OH is 2. The molecule has 0 radical (unpaired) electrons. The molecule has 34 heavy (non-hydrogen) atoms. The third-order valence-corrected chi connectivity index (χ3v) is 6.22. The van der Waals surface area contributed by atoms with Crippen LogP contribution in [0.3, 0.4) is 0 Å². The summed E-state index contributed by atoms with van der Waals surface area (Å²) in [6, 6.07) is 13.5. The van der Waals surface area contributed by atoms with Crippen molar-refractivity contribution >= 4 is 23.2 Å². The van der Waals surface area contributed by atoms with Crippen LogP contribution in [0, 0.1) is 0 Å². The largest absolute Gasteiger partial charge is 0.491 e. The first-order valence-electron chi connectivity index (χ1n) is 11.8. The van der Waals surface area contributed by atoms with Crippen molar-refractivity contribution in [3.05, 3.63) is 58.6 Å². The van der Waals surface area contributed by atoms with Crippen LogP contribution < -0.4 is 20.1 Å². The van der Waals surface area contributed by atoms with Crippen LogP contribution in [0.1, 0.15) is 38.3 Å². The molecule has 0 unspecified atom stereocenters. The number of benzene rings is 2. The Morgan fingerprint density at radius 2 is 1.53 bits per heavy atom. The smallest absolute Gasteiger partial charge is 0.138 e. The van der Waals surface area contributed by atoms with Gasteiger partial charge in [0.1, 0.15) is 36.9 Å². The number of aliphatic hydroxyl groups is 2. The topological polar surface area (TPSA) is 83.0 Å². The molecule has 2 atom stereocenters. The lowest BCUT2D eigenvalue weighted by Crippen LogP contribution is -2.35. The van der Waals surface area contributed by atoms with Gasteiger partial charge in [-0.3, -0.25) is 0 Å². The Kier molecular flexibility index (Phi) is 12.5. The van der Waals surface area contributed by atoms with Crippen molar-refractivity contribution in [2.75, 3.05) is 45.3 Å². The highest BCUT2D eigenvalue weighted by molar-refractivity contribution is 6.32. The lowest BCUT2D eigenvalue weighted by atomic mass is 9.78. The van der Waals surface area contributed by atoms with Crippen LogP contribution in [-0.4, -0.2) is 67.7 Å². The number of rotatable bonds is 16. The van der Waals surface area contributed by atoms with E-state index in [0.717, 1.165) is 37.2 Å². The van der Waals surface area contributed by atoms with Gasteiger partial charge in [-0.05, 0) is 48.4 Å². The number of nitrogens with one attached hydrogen (secondary N) is 2. The second-order valence-corrected chi connectivity index (χ2v) is 9.55. The SMILES string of the molecule is CCCNCCNC[C@@H](O)COc1ccc(C(C)(C)c2ccc(OC[C@@H](O)CCl)c(Cl)c2)cc1. The maximum Gasteiger partial charge on any atom is 0.138 e. The summed E-state index contributed by atoms with van der Waals surface area (Å²) in [6.07, 6.45) is -0.196. The van der Waals surface area contributed by atoms with Crippen LogP contribution >= 0.6 is 23.2 Å². The van der Waals surface area contributed by atoms with Crippen molar-refractivity contribution in [1.29, 1.82) is 0 Å². The molecule has 2 rings (SSSR count). The van der Waals surface area contributed by atoms with E-state index in [-0.39, 0.29) is 24.5 Å². The predicted octanol–water partition coefficient (Wildman–Crippen LogP) is 3.97. The molecule has 0 aromatic heterocycles. The second kappa shape index (κ2) is 14.8. The van der Waals surface area contributed by atoms with E-state index in [4.69, 9.17) is 32.7 Å². The maximum atomic E-state index is 10.1. The Labute approximate surface area is 213 Å². The monoisotopic (exact) mass is 512 g/mol. The van der Waals surface area contributed by atoms with Gasteiger partial charge in [-0.15, -0.1) is 11.6 Å². The Morgan fingerprint density at radius 3 is 2.18 bits per heavy atom. The quantitative estimate of drug-likeness (QED) is 0.201. The van der Waals surface area contributed by atoms with E-state index in [2.05, 4.69) is 31.4 Å². The summed E-state index contributed by atoms with van der Waals surface area (Å²) in [6.45, 7) is 9.90. The lowest BCUT2D eigenvalue weighted by Gasteiger charge is -2.27. The third kappa shape index (κ3) is 9.25. The number of alkyl halides is 1. The molecule has 2 aromatic carbocycles. The van der Waals surface area contributed by atoms with E-state index < -0.39 is 12.2 Å². The van der Waals surface area contributed by atoms with Crippen molar-refractivity contribution < 1.29 is 19.7 Å². The van der Waals surface area contributed by atoms with Crippen molar-refractivity contribution in [2.45, 2.75) is 44.8 Å². The highest BCUT2D eigenvalue weighted by Crippen LogP contribution is 2.36. The fraction of sp³-hybridized carbons (Fsp3) is 0.538. The van der Waals surface area contributed by atoms with Crippen LogP contribution in [0.5, 0.6) is 11.5 Å². The average Bonchev–Trinajstić information content (AvgIpc) is 2.84. The van der Waals surface area contributed by atoms with Crippen molar-refractivity contribution in [1.82, 2.24) is 10.6 Å². The second-order valence-electron chi connectivity index (χ2n) is 8.83. The summed E-state index contributed by atoms with van der Waals surface area (Å²) in [4.78, 5) is 0. The van der Waals surface area contributed by atoms with Gasteiger partial charge in [0.2, 0.25) is 0 Å². The summed E-state index contributed by atoms with van der Waals surface area (Å²) >= 11 is 12.0. The van der Waals surface area contributed by atoms with Gasteiger partial charge in [0, 0.05) is 25.0 Å². The molecule has 0 aliphatic heterocycles. The van der Waals surface area contributed by atoms with Gasteiger partial charge in [0.15, 0.2) is 0 Å². The predicted molar refractivity (Wildman–Crippen MR) is 140 cm³/mol. The Bertz CT molecular complexity index is 849. The molecule has 6 nitrogen and oxygen atoms in total. The molecular weight excluding hydrogens is 475 g/mol. The molecule has 0 saturated carbocycles. The Morgan fingerprint density at radius 1 is 0.882 bits per heavy atom. The molecule has 0 saturated heterocycles. The Hall–Kier alpha value is -1.54. The highest BCUT2D eigenvalue weighted by atomic mass is 35.5. The van der Waals surface area contributed by atoms with Crippen molar-refractivity contribution in [3.8, 4) is 11.5 Å². The number of hydrogen-bond donors (Lipinski definition) is 4. The van der Waals surface area contributed by atoms with E-state index in [1.807, 2.05) is 42.5 Å². The normalized spacial score (nSPS) is 13.5. The van der Waals surface area contributed by atoms with E-state index >= 15 is 0 Å². The molecule has 0 fully saturated rings. The van der Waals surface area contributed by atoms with E-state index in [1.54, 1.807) is 0 Å². The fourth-order valence-electron chi connectivity index (χ4n) is 3.37. The molecule has 4 N–H and O–H groups in total. The zero-order valence-electron chi connectivity index (χ0n) is 20.3. The van der Waals surface area contributed by atoms with Crippen molar-refractivity contribution in [2.24, 2.45) is 0 Å². The number of halogens is 2. The van der Waals surface area contributed by atoms with Gasteiger partial charge in [0.05, 0.1) is 10.9 Å². The molecule has 0 amide bonds. The summed E-state index contributed by atoms with van der Waals surface area (Å²) < 4.78 is 11.3. The molecular formula is C26H38Cl2N2O4. The molecule has 0 spiro atoms. The van der Waals surface area contributed by atoms with Crippen LogP contribution in [-0.2, 0) is 5.41 Å².